The molecule has 0 saturated carbocycles. The number of benzene rings is 1. The normalized spacial score (nSPS) is 16.5. The lowest BCUT2D eigenvalue weighted by Gasteiger charge is -2.33. The van der Waals surface area contributed by atoms with Crippen LogP contribution in [0, 0.1) is 6.92 Å². The van der Waals surface area contributed by atoms with Gasteiger partial charge < -0.3 is 9.64 Å². The smallest absolute Gasteiger partial charge is 0.254 e. The number of carbonyl (C=O) groups is 1. The number of likely N-dealkylation sites (tertiary alicyclic amines) is 1. The first-order valence-corrected chi connectivity index (χ1v) is 9.94. The number of halogens is 1. The Balaban J connectivity index is 1.55. The second kappa shape index (κ2) is 8.57. The lowest BCUT2D eigenvalue weighted by atomic mass is 9.98. The van der Waals surface area contributed by atoms with Crippen LogP contribution in [0.5, 0.6) is 5.88 Å². The summed E-state index contributed by atoms with van der Waals surface area (Å²) in [4.78, 5) is 28.1. The van der Waals surface area contributed by atoms with Gasteiger partial charge in [0.05, 0.1) is 17.1 Å². The van der Waals surface area contributed by atoms with Crippen molar-refractivity contribution in [1.29, 1.82) is 0 Å². The summed E-state index contributed by atoms with van der Waals surface area (Å²) in [5.74, 6) is 1.04. The second-order valence-corrected chi connectivity index (χ2v) is 7.45. The van der Waals surface area contributed by atoms with Gasteiger partial charge in [0.2, 0.25) is 5.88 Å². The molecule has 2 aromatic heterocycles. The van der Waals surface area contributed by atoms with Crippen LogP contribution in [-0.2, 0) is 0 Å². The van der Waals surface area contributed by atoms with Gasteiger partial charge in [0.1, 0.15) is 6.10 Å². The summed E-state index contributed by atoms with van der Waals surface area (Å²) < 4.78 is 5.98. The third kappa shape index (κ3) is 4.38. The molecule has 1 aromatic carbocycles. The molecule has 6 nitrogen and oxygen atoms in total. The number of aryl methyl sites for hydroxylation is 1. The maximum Gasteiger partial charge on any atom is 0.254 e. The Morgan fingerprint density at radius 1 is 1.14 bits per heavy atom. The van der Waals surface area contributed by atoms with Crippen LogP contribution in [-0.4, -0.2) is 45.0 Å². The molecule has 0 radical (unpaired) electrons. The maximum absolute atomic E-state index is 13.4. The van der Waals surface area contributed by atoms with E-state index in [0.29, 0.717) is 35.4 Å². The van der Waals surface area contributed by atoms with E-state index in [2.05, 4.69) is 15.0 Å². The molecular weight excluding hydrogens is 388 g/mol. The monoisotopic (exact) mass is 408 g/mol. The number of pyridine rings is 1. The van der Waals surface area contributed by atoms with Crippen molar-refractivity contribution in [1.82, 2.24) is 19.9 Å². The van der Waals surface area contributed by atoms with E-state index in [-0.39, 0.29) is 12.0 Å². The van der Waals surface area contributed by atoms with E-state index in [9.17, 15) is 4.79 Å². The molecule has 0 unspecified atom stereocenters. The van der Waals surface area contributed by atoms with Crippen molar-refractivity contribution >= 4 is 17.5 Å². The van der Waals surface area contributed by atoms with E-state index in [1.165, 1.54) is 0 Å². The average Bonchev–Trinajstić information content (AvgIpc) is 2.75. The van der Waals surface area contributed by atoms with E-state index in [0.717, 1.165) is 24.0 Å². The van der Waals surface area contributed by atoms with E-state index < -0.39 is 0 Å². The molecule has 4 rings (SSSR count). The highest BCUT2D eigenvalue weighted by molar-refractivity contribution is 6.30. The molecule has 1 saturated heterocycles. The molecule has 1 fully saturated rings. The summed E-state index contributed by atoms with van der Waals surface area (Å²) >= 11 is 5.88. The molecule has 3 aromatic rings. The number of hydrogen-bond acceptors (Lipinski definition) is 5. The summed E-state index contributed by atoms with van der Waals surface area (Å²) in [6.07, 6.45) is 6.56. The molecule has 7 heteroatoms. The fourth-order valence-electron chi connectivity index (χ4n) is 3.56. The zero-order valence-corrected chi connectivity index (χ0v) is 16.8. The van der Waals surface area contributed by atoms with Crippen LogP contribution in [0.2, 0.25) is 5.02 Å². The highest BCUT2D eigenvalue weighted by Gasteiger charge is 2.28. The Bertz CT molecular complexity index is 995. The molecule has 148 valence electrons. The van der Waals surface area contributed by atoms with Crippen molar-refractivity contribution in [2.45, 2.75) is 25.9 Å². The van der Waals surface area contributed by atoms with Crippen LogP contribution < -0.4 is 4.74 Å². The Hall–Kier alpha value is -2.99. The summed E-state index contributed by atoms with van der Waals surface area (Å²) in [6, 6.07) is 11.0. The third-order valence-electron chi connectivity index (χ3n) is 4.95. The fourth-order valence-corrected chi connectivity index (χ4v) is 3.67. The number of aromatic nitrogens is 3. The predicted molar refractivity (Wildman–Crippen MR) is 111 cm³/mol. The van der Waals surface area contributed by atoms with Gasteiger partial charge in [-0.05, 0) is 43.5 Å². The summed E-state index contributed by atoms with van der Waals surface area (Å²) in [5.41, 5.74) is 2.36. The van der Waals surface area contributed by atoms with Gasteiger partial charge in [0, 0.05) is 36.8 Å². The van der Waals surface area contributed by atoms with Crippen molar-refractivity contribution in [3.63, 3.8) is 0 Å². The van der Waals surface area contributed by atoms with Crippen LogP contribution in [0.1, 0.15) is 28.8 Å². The van der Waals surface area contributed by atoms with Crippen molar-refractivity contribution in [2.75, 3.05) is 13.1 Å². The molecule has 0 aliphatic carbocycles. The van der Waals surface area contributed by atoms with Crippen LogP contribution in [0.25, 0.3) is 11.4 Å². The van der Waals surface area contributed by atoms with Gasteiger partial charge >= 0.3 is 0 Å². The number of nitrogens with zero attached hydrogens (tertiary/aromatic N) is 4. The topological polar surface area (TPSA) is 68.2 Å². The van der Waals surface area contributed by atoms with Gasteiger partial charge in [0.15, 0.2) is 5.82 Å². The van der Waals surface area contributed by atoms with Gasteiger partial charge in [-0.3, -0.25) is 4.79 Å². The Kier molecular flexibility index (Phi) is 5.71. The molecule has 0 bridgehead atoms. The summed E-state index contributed by atoms with van der Waals surface area (Å²) in [5, 5.41) is 0.563. The van der Waals surface area contributed by atoms with Gasteiger partial charge in [-0.1, -0.05) is 23.7 Å². The van der Waals surface area contributed by atoms with Crippen LogP contribution >= 0.6 is 11.6 Å². The number of amides is 1. The minimum absolute atomic E-state index is 0.0338. The Morgan fingerprint density at radius 3 is 2.72 bits per heavy atom. The predicted octanol–water partition coefficient (Wildman–Crippen LogP) is 4.18. The third-order valence-corrected chi connectivity index (χ3v) is 5.17. The first-order chi connectivity index (χ1) is 14.1. The molecule has 1 atom stereocenters. The summed E-state index contributed by atoms with van der Waals surface area (Å²) in [6.45, 7) is 3.17. The van der Waals surface area contributed by atoms with E-state index in [1.807, 2.05) is 30.0 Å². The Labute approximate surface area is 174 Å². The number of piperidine rings is 1. The molecular formula is C22H21ClN4O2. The number of rotatable bonds is 4. The van der Waals surface area contributed by atoms with E-state index in [4.69, 9.17) is 16.3 Å². The number of carbonyl (C=O) groups excluding carboxylic acids is 1. The van der Waals surface area contributed by atoms with Crippen molar-refractivity contribution in [3.8, 4) is 17.3 Å². The van der Waals surface area contributed by atoms with Crippen LogP contribution in [0.4, 0.5) is 0 Å². The number of hydrogen-bond donors (Lipinski definition) is 0. The minimum Gasteiger partial charge on any atom is -0.472 e. The SMILES string of the molecule is Cc1cccc(C(=O)N2CCC[C@@H](Oc3ccc(Cl)cn3)C2)c1-c1ncccn1. The van der Waals surface area contributed by atoms with Gasteiger partial charge in [0.25, 0.3) is 5.91 Å². The highest BCUT2D eigenvalue weighted by atomic mass is 35.5. The van der Waals surface area contributed by atoms with Crippen molar-refractivity contribution in [2.24, 2.45) is 0 Å². The lowest BCUT2D eigenvalue weighted by molar-refractivity contribution is 0.0528. The van der Waals surface area contributed by atoms with Crippen LogP contribution in [0.3, 0.4) is 0 Å². The highest BCUT2D eigenvalue weighted by Crippen LogP contribution is 2.27. The van der Waals surface area contributed by atoms with Crippen molar-refractivity contribution < 1.29 is 9.53 Å². The molecule has 29 heavy (non-hydrogen) atoms. The van der Waals surface area contributed by atoms with Gasteiger partial charge in [-0.15, -0.1) is 0 Å². The lowest BCUT2D eigenvalue weighted by Crippen LogP contribution is -2.44. The Morgan fingerprint density at radius 2 is 1.97 bits per heavy atom. The fraction of sp³-hybridized carbons (Fsp3) is 0.273. The average molecular weight is 409 g/mol. The summed E-state index contributed by atoms with van der Waals surface area (Å²) in [7, 11) is 0. The van der Waals surface area contributed by atoms with Crippen LogP contribution in [0.15, 0.2) is 55.0 Å². The largest absolute Gasteiger partial charge is 0.472 e. The zero-order chi connectivity index (χ0) is 20.2. The standard InChI is InChI=1S/C22H21ClN4O2/c1-15-5-2-7-18(20(15)21-24-10-4-11-25-21)22(28)27-12-3-6-17(14-27)29-19-9-8-16(23)13-26-19/h2,4-5,7-11,13,17H,3,6,12,14H2,1H3/t17-/m1/s1. The molecule has 1 aliphatic rings. The quantitative estimate of drug-likeness (QED) is 0.647. The molecule has 1 amide bonds. The van der Waals surface area contributed by atoms with Gasteiger partial charge in [-0.25, -0.2) is 15.0 Å². The first kappa shape index (κ1) is 19.3. The minimum atomic E-state index is -0.109. The molecule has 3 heterocycles. The maximum atomic E-state index is 13.4. The van der Waals surface area contributed by atoms with Gasteiger partial charge in [-0.2, -0.15) is 0 Å². The van der Waals surface area contributed by atoms with E-state index >= 15 is 0 Å². The molecule has 0 N–H and O–H groups in total. The molecule has 1 aliphatic heterocycles. The van der Waals surface area contributed by atoms with E-state index in [1.54, 1.807) is 36.8 Å². The second-order valence-electron chi connectivity index (χ2n) is 7.02. The number of ether oxygens (including phenoxy) is 1. The molecule has 0 spiro atoms. The van der Waals surface area contributed by atoms with Crippen molar-refractivity contribution in [3.05, 3.63) is 71.1 Å². The zero-order valence-electron chi connectivity index (χ0n) is 16.1. The first-order valence-electron chi connectivity index (χ1n) is 9.56.